The van der Waals surface area contributed by atoms with Gasteiger partial charge in [0.1, 0.15) is 23.6 Å². The fourth-order valence-electron chi connectivity index (χ4n) is 5.11. The lowest BCUT2D eigenvalue weighted by atomic mass is 9.92. The fraction of sp³-hybridized carbons (Fsp3) is 0.538. The highest BCUT2D eigenvalue weighted by Gasteiger charge is 2.34. The van der Waals surface area contributed by atoms with Gasteiger partial charge in [-0.3, -0.25) is 0 Å². The first-order chi connectivity index (χ1) is 17.8. The maximum Gasteiger partial charge on any atom is 0.324 e. The number of aromatic nitrogens is 4. The molecule has 3 aromatic rings. The summed E-state index contributed by atoms with van der Waals surface area (Å²) in [6, 6.07) is 3.72. The Morgan fingerprint density at radius 1 is 1.05 bits per heavy atom. The molecule has 1 aromatic carbocycles. The highest BCUT2D eigenvalue weighted by atomic mass is 19.1. The van der Waals surface area contributed by atoms with Crippen LogP contribution in [0.5, 0.6) is 5.88 Å². The van der Waals surface area contributed by atoms with E-state index in [1.807, 2.05) is 18.7 Å². The van der Waals surface area contributed by atoms with Crippen LogP contribution < -0.4 is 20.3 Å². The van der Waals surface area contributed by atoms with Crippen LogP contribution in [0.4, 0.5) is 20.6 Å². The molecule has 2 saturated heterocycles. The molecule has 37 heavy (non-hydrogen) atoms. The van der Waals surface area contributed by atoms with Crippen molar-refractivity contribution in [2.75, 3.05) is 36.0 Å². The number of piperidine rings is 1. The molecule has 0 amide bonds. The molecule has 0 aliphatic carbocycles. The zero-order valence-electron chi connectivity index (χ0n) is 21.3. The van der Waals surface area contributed by atoms with Crippen LogP contribution in [0.25, 0.3) is 0 Å². The van der Waals surface area contributed by atoms with E-state index < -0.39 is 11.6 Å². The molecule has 2 fully saturated rings. The van der Waals surface area contributed by atoms with E-state index in [1.54, 1.807) is 12.4 Å². The summed E-state index contributed by atoms with van der Waals surface area (Å²) in [6.45, 7) is 8.70. The van der Waals surface area contributed by atoms with Gasteiger partial charge in [0, 0.05) is 44.1 Å². The Hall–Kier alpha value is -3.34. The summed E-state index contributed by atoms with van der Waals surface area (Å²) < 4.78 is 39.5. The van der Waals surface area contributed by atoms with E-state index in [1.165, 1.54) is 6.07 Å². The van der Waals surface area contributed by atoms with Gasteiger partial charge in [-0.25, -0.2) is 18.7 Å². The summed E-state index contributed by atoms with van der Waals surface area (Å²) in [5, 5.41) is 4.06. The molecular weight excluding hydrogens is 480 g/mol. The number of nitrogens with two attached hydrogens (primary N) is 1. The molecule has 0 spiro atoms. The molecule has 5 rings (SSSR count). The molecule has 0 radical (unpaired) electrons. The third-order valence-electron chi connectivity index (χ3n) is 7.39. The maximum absolute atomic E-state index is 14.3. The summed E-state index contributed by atoms with van der Waals surface area (Å²) >= 11 is 0. The summed E-state index contributed by atoms with van der Waals surface area (Å²) in [5.74, 6) is 1.15. The van der Waals surface area contributed by atoms with Crippen LogP contribution in [-0.2, 0) is 0 Å². The highest BCUT2D eigenvalue weighted by molar-refractivity contribution is 5.42. The first-order valence-corrected chi connectivity index (χ1v) is 12.8. The van der Waals surface area contributed by atoms with Crippen molar-refractivity contribution in [3.8, 4) is 5.88 Å². The standard InChI is InChI=1S/C26H33F2N7O2/c1-15(2)25-32-26(37-33-25)34-8-6-17(7-9-34)16(3)36-24-12-30-23(11-31-24)35-13-20(22(29)14-35)19-10-18(27)4-5-21(19)28/h4-5,10-12,15-17,20,22H,6-9,13-14,29H2,1-3H3/t16-,20+,22-/m0/s1. The van der Waals surface area contributed by atoms with Crippen molar-refractivity contribution >= 4 is 11.8 Å². The van der Waals surface area contributed by atoms with Gasteiger partial charge in [-0.2, -0.15) is 4.98 Å². The largest absolute Gasteiger partial charge is 0.473 e. The minimum Gasteiger partial charge on any atom is -0.473 e. The lowest BCUT2D eigenvalue weighted by molar-refractivity contribution is 0.126. The molecule has 0 unspecified atom stereocenters. The van der Waals surface area contributed by atoms with Crippen LogP contribution in [-0.4, -0.2) is 58.4 Å². The molecule has 9 nitrogen and oxygen atoms in total. The average Bonchev–Trinajstić information content (AvgIpc) is 3.54. The van der Waals surface area contributed by atoms with Gasteiger partial charge in [-0.1, -0.05) is 19.0 Å². The SMILES string of the molecule is CC(C)c1noc(N2CCC([C@H](C)Oc3cnc(N4C[C@H](c5cc(F)ccc5F)[C@@H](N)C4)cn3)CC2)n1. The Bertz CT molecular complexity index is 1200. The second-order valence-electron chi connectivity index (χ2n) is 10.3. The zero-order chi connectivity index (χ0) is 26.1. The van der Waals surface area contributed by atoms with Crippen LogP contribution >= 0.6 is 0 Å². The van der Waals surface area contributed by atoms with Crippen molar-refractivity contribution in [2.24, 2.45) is 11.7 Å². The Labute approximate surface area is 215 Å². The minimum absolute atomic E-state index is 0.0308. The van der Waals surface area contributed by atoms with E-state index in [-0.39, 0.29) is 24.0 Å². The van der Waals surface area contributed by atoms with E-state index in [0.717, 1.165) is 43.9 Å². The number of benzene rings is 1. The second kappa shape index (κ2) is 10.6. The monoisotopic (exact) mass is 513 g/mol. The summed E-state index contributed by atoms with van der Waals surface area (Å²) in [4.78, 5) is 17.5. The van der Waals surface area contributed by atoms with Gasteiger partial charge >= 0.3 is 6.01 Å². The third-order valence-corrected chi connectivity index (χ3v) is 7.39. The molecule has 2 aromatic heterocycles. The third kappa shape index (κ3) is 5.51. The number of ether oxygens (including phenoxy) is 1. The van der Waals surface area contributed by atoms with Crippen molar-refractivity contribution in [1.29, 1.82) is 0 Å². The molecule has 2 aliphatic rings. The lowest BCUT2D eigenvalue weighted by Gasteiger charge is -2.33. The fourth-order valence-corrected chi connectivity index (χ4v) is 5.11. The van der Waals surface area contributed by atoms with E-state index in [2.05, 4.69) is 31.9 Å². The molecular formula is C26H33F2N7O2. The zero-order valence-corrected chi connectivity index (χ0v) is 21.3. The first-order valence-electron chi connectivity index (χ1n) is 12.8. The number of hydrogen-bond donors (Lipinski definition) is 1. The molecule has 4 heterocycles. The van der Waals surface area contributed by atoms with Gasteiger partial charge in [0.15, 0.2) is 5.82 Å². The second-order valence-corrected chi connectivity index (χ2v) is 10.3. The smallest absolute Gasteiger partial charge is 0.324 e. The molecule has 2 N–H and O–H groups in total. The molecule has 3 atom stereocenters. The average molecular weight is 514 g/mol. The first kappa shape index (κ1) is 25.3. The predicted molar refractivity (Wildman–Crippen MR) is 135 cm³/mol. The van der Waals surface area contributed by atoms with Gasteiger partial charge in [0.2, 0.25) is 5.88 Å². The van der Waals surface area contributed by atoms with Crippen LogP contribution in [0.2, 0.25) is 0 Å². The van der Waals surface area contributed by atoms with Crippen molar-refractivity contribution in [3.05, 3.63) is 53.6 Å². The quantitative estimate of drug-likeness (QED) is 0.504. The Morgan fingerprint density at radius 3 is 2.51 bits per heavy atom. The molecule has 198 valence electrons. The normalized spacial score (nSPS) is 21.6. The molecule has 0 saturated carbocycles. The summed E-state index contributed by atoms with van der Waals surface area (Å²) in [6.07, 6.45) is 5.10. The topological polar surface area (TPSA) is 106 Å². The number of nitrogens with zero attached hydrogens (tertiary/aromatic N) is 6. The molecule has 0 bridgehead atoms. The van der Waals surface area contributed by atoms with E-state index in [4.69, 9.17) is 15.0 Å². The van der Waals surface area contributed by atoms with Gasteiger partial charge in [0.25, 0.3) is 0 Å². The highest BCUT2D eigenvalue weighted by Crippen LogP contribution is 2.32. The Kier molecular flexibility index (Phi) is 7.23. The van der Waals surface area contributed by atoms with Crippen molar-refractivity contribution in [2.45, 2.75) is 57.6 Å². The van der Waals surface area contributed by atoms with Crippen molar-refractivity contribution < 1.29 is 18.0 Å². The van der Waals surface area contributed by atoms with Crippen LogP contribution in [0.1, 0.15) is 56.8 Å². The Balaban J connectivity index is 1.15. The number of rotatable bonds is 7. The Morgan fingerprint density at radius 2 is 1.84 bits per heavy atom. The number of anilines is 2. The van der Waals surface area contributed by atoms with Crippen LogP contribution in [0.3, 0.4) is 0 Å². The van der Waals surface area contributed by atoms with Gasteiger partial charge < -0.3 is 24.8 Å². The number of halogens is 2. The van der Waals surface area contributed by atoms with Crippen molar-refractivity contribution in [1.82, 2.24) is 20.1 Å². The van der Waals surface area contributed by atoms with Gasteiger partial charge in [-0.05, 0) is 49.4 Å². The van der Waals surface area contributed by atoms with Crippen LogP contribution in [0, 0.1) is 17.6 Å². The number of hydrogen-bond acceptors (Lipinski definition) is 9. The van der Waals surface area contributed by atoms with E-state index >= 15 is 0 Å². The van der Waals surface area contributed by atoms with Gasteiger partial charge in [0.05, 0.1) is 12.4 Å². The minimum atomic E-state index is -0.474. The van der Waals surface area contributed by atoms with Crippen LogP contribution in [0.15, 0.2) is 35.1 Å². The summed E-state index contributed by atoms with van der Waals surface area (Å²) in [5.41, 5.74) is 6.57. The summed E-state index contributed by atoms with van der Waals surface area (Å²) in [7, 11) is 0. The molecule has 11 heteroatoms. The maximum atomic E-state index is 14.3. The van der Waals surface area contributed by atoms with Gasteiger partial charge in [-0.15, -0.1) is 0 Å². The lowest BCUT2D eigenvalue weighted by Crippen LogP contribution is -2.39. The van der Waals surface area contributed by atoms with E-state index in [9.17, 15) is 8.78 Å². The predicted octanol–water partition coefficient (Wildman–Crippen LogP) is 3.88. The van der Waals surface area contributed by atoms with E-state index in [0.29, 0.717) is 42.3 Å². The van der Waals surface area contributed by atoms with Crippen molar-refractivity contribution in [3.63, 3.8) is 0 Å². The molecule has 2 aliphatic heterocycles.